The molecule has 2 aliphatic heterocycles. The Morgan fingerprint density at radius 2 is 1.83 bits per heavy atom. The van der Waals surface area contributed by atoms with Crippen molar-refractivity contribution in [3.8, 4) is 0 Å². The van der Waals surface area contributed by atoms with E-state index in [0.29, 0.717) is 25.2 Å². The molecule has 0 N–H and O–H groups in total. The largest absolute Gasteiger partial charge is 0.452 e. The molecule has 0 saturated carbocycles. The number of likely N-dealkylation sites (N-methyl/N-ethyl adjacent to an activating group) is 1. The van der Waals surface area contributed by atoms with Crippen molar-refractivity contribution < 1.29 is 31.2 Å². The van der Waals surface area contributed by atoms with E-state index in [-0.39, 0.29) is 22.0 Å². The highest BCUT2D eigenvalue weighted by Crippen LogP contribution is 2.31. The summed E-state index contributed by atoms with van der Waals surface area (Å²) in [5.41, 5.74) is 1.75. The van der Waals surface area contributed by atoms with Crippen molar-refractivity contribution in [2.75, 3.05) is 35.5 Å². The van der Waals surface area contributed by atoms with Crippen LogP contribution in [0.4, 0.5) is 5.69 Å². The number of amides is 1. The van der Waals surface area contributed by atoms with Gasteiger partial charge >= 0.3 is 5.97 Å². The molecule has 1 amide bonds. The Morgan fingerprint density at radius 1 is 1.11 bits per heavy atom. The van der Waals surface area contributed by atoms with Gasteiger partial charge in [0.2, 0.25) is 0 Å². The molecule has 0 bridgehead atoms. The lowest BCUT2D eigenvalue weighted by Crippen LogP contribution is -2.43. The standard InChI is InChI=1S/C24H28N2O7S2/c1-2-25(20-13-15-34(29,30)17-20)23(27)16-33-24(28)19-9-11-21(12-10-19)35(31,32)26-14-5-7-18-6-3-4-8-22(18)26/h3-4,6,8-12,20H,2,5,7,13-17H2,1H3/t20-/m0/s1. The minimum atomic E-state index is -3.81. The van der Waals surface area contributed by atoms with Crippen LogP contribution in [0, 0.1) is 0 Å². The van der Waals surface area contributed by atoms with Crippen molar-refractivity contribution in [2.24, 2.45) is 0 Å². The van der Waals surface area contributed by atoms with Crippen LogP contribution in [0.3, 0.4) is 0 Å². The highest BCUT2D eigenvalue weighted by atomic mass is 32.2. The zero-order valence-electron chi connectivity index (χ0n) is 19.4. The molecule has 0 aromatic heterocycles. The zero-order chi connectivity index (χ0) is 25.2. The Hall–Kier alpha value is -2.92. The second-order valence-corrected chi connectivity index (χ2v) is 12.7. The molecule has 11 heteroatoms. The first-order valence-electron chi connectivity index (χ1n) is 11.5. The summed E-state index contributed by atoms with van der Waals surface area (Å²) in [4.78, 5) is 26.5. The minimum absolute atomic E-state index is 0.0412. The van der Waals surface area contributed by atoms with Gasteiger partial charge in [0.15, 0.2) is 16.4 Å². The van der Waals surface area contributed by atoms with Gasteiger partial charge in [-0.2, -0.15) is 0 Å². The molecule has 1 atom stereocenters. The molecule has 188 valence electrons. The van der Waals surface area contributed by atoms with Gasteiger partial charge in [0.05, 0.1) is 27.7 Å². The van der Waals surface area contributed by atoms with Gasteiger partial charge in [-0.3, -0.25) is 9.10 Å². The average molecular weight is 521 g/mol. The molecule has 0 spiro atoms. The van der Waals surface area contributed by atoms with Gasteiger partial charge in [-0.05, 0) is 62.1 Å². The lowest BCUT2D eigenvalue weighted by atomic mass is 10.0. The fourth-order valence-corrected chi connectivity index (χ4v) is 7.86. The predicted octanol–water partition coefficient (Wildman–Crippen LogP) is 2.02. The van der Waals surface area contributed by atoms with Crippen LogP contribution in [0.2, 0.25) is 0 Å². The van der Waals surface area contributed by atoms with E-state index in [0.717, 1.165) is 18.4 Å². The zero-order valence-corrected chi connectivity index (χ0v) is 21.1. The van der Waals surface area contributed by atoms with Crippen LogP contribution < -0.4 is 4.31 Å². The normalized spacial score (nSPS) is 19.1. The molecule has 2 heterocycles. The number of hydrogen-bond donors (Lipinski definition) is 0. The molecule has 2 aromatic carbocycles. The third kappa shape index (κ3) is 5.35. The molecule has 4 rings (SSSR count). The molecule has 1 saturated heterocycles. The second-order valence-electron chi connectivity index (χ2n) is 8.65. The summed E-state index contributed by atoms with van der Waals surface area (Å²) in [7, 11) is -6.96. The van der Waals surface area contributed by atoms with Crippen molar-refractivity contribution >= 4 is 37.4 Å². The number of esters is 1. The monoisotopic (exact) mass is 520 g/mol. The summed E-state index contributed by atoms with van der Waals surface area (Å²) in [5, 5.41) is 0. The number of aryl methyl sites for hydroxylation is 1. The third-order valence-electron chi connectivity index (χ3n) is 6.38. The molecule has 2 aliphatic rings. The van der Waals surface area contributed by atoms with Crippen LogP contribution in [0.1, 0.15) is 35.7 Å². The summed E-state index contributed by atoms with van der Waals surface area (Å²) in [6.45, 7) is 1.91. The summed E-state index contributed by atoms with van der Waals surface area (Å²) >= 11 is 0. The van der Waals surface area contributed by atoms with Crippen LogP contribution in [0.15, 0.2) is 53.4 Å². The lowest BCUT2D eigenvalue weighted by Gasteiger charge is -2.30. The number of ether oxygens (including phenoxy) is 1. The van der Waals surface area contributed by atoms with Gasteiger partial charge in [-0.15, -0.1) is 0 Å². The van der Waals surface area contributed by atoms with Crippen LogP contribution >= 0.6 is 0 Å². The number of hydrogen-bond acceptors (Lipinski definition) is 7. The molecule has 35 heavy (non-hydrogen) atoms. The van der Waals surface area contributed by atoms with E-state index in [1.165, 1.54) is 33.5 Å². The van der Waals surface area contributed by atoms with Crippen molar-refractivity contribution in [2.45, 2.75) is 37.1 Å². The molecule has 2 aromatic rings. The lowest BCUT2D eigenvalue weighted by molar-refractivity contribution is -0.136. The highest BCUT2D eigenvalue weighted by molar-refractivity contribution is 7.93. The molecule has 0 radical (unpaired) electrons. The molecule has 9 nitrogen and oxygen atoms in total. The third-order valence-corrected chi connectivity index (χ3v) is 9.96. The number of anilines is 1. The summed E-state index contributed by atoms with van der Waals surface area (Å²) in [6, 6.07) is 12.4. The van der Waals surface area contributed by atoms with Gasteiger partial charge < -0.3 is 9.64 Å². The fourth-order valence-electron chi connectivity index (χ4n) is 4.59. The van der Waals surface area contributed by atoms with E-state index in [9.17, 15) is 26.4 Å². The van der Waals surface area contributed by atoms with Crippen molar-refractivity contribution in [1.82, 2.24) is 4.90 Å². The molecule has 0 aliphatic carbocycles. The molecule has 0 unspecified atom stereocenters. The molecule has 1 fully saturated rings. The van der Waals surface area contributed by atoms with E-state index < -0.39 is 44.4 Å². The number of para-hydroxylation sites is 1. The van der Waals surface area contributed by atoms with Crippen LogP contribution in [0.25, 0.3) is 0 Å². The van der Waals surface area contributed by atoms with Gasteiger partial charge in [0.25, 0.3) is 15.9 Å². The van der Waals surface area contributed by atoms with Crippen LogP contribution in [-0.2, 0) is 35.8 Å². The van der Waals surface area contributed by atoms with E-state index in [1.807, 2.05) is 12.1 Å². The molecular weight excluding hydrogens is 492 g/mol. The number of carbonyl (C=O) groups excluding carboxylic acids is 2. The van der Waals surface area contributed by atoms with Crippen LogP contribution in [-0.4, -0.2) is 70.9 Å². The van der Waals surface area contributed by atoms with Gasteiger partial charge in [-0.1, -0.05) is 18.2 Å². The first-order valence-corrected chi connectivity index (χ1v) is 14.8. The fraction of sp³-hybridized carbons (Fsp3) is 0.417. The Balaban J connectivity index is 1.41. The van der Waals surface area contributed by atoms with E-state index >= 15 is 0 Å². The van der Waals surface area contributed by atoms with E-state index in [2.05, 4.69) is 0 Å². The Morgan fingerprint density at radius 3 is 2.49 bits per heavy atom. The summed E-state index contributed by atoms with van der Waals surface area (Å²) < 4.78 is 56.5. The van der Waals surface area contributed by atoms with Gasteiger partial charge in [0, 0.05) is 19.1 Å². The number of fused-ring (bicyclic) bond motifs is 1. The number of rotatable bonds is 7. The maximum absolute atomic E-state index is 13.2. The number of carbonyl (C=O) groups is 2. The summed E-state index contributed by atoms with van der Waals surface area (Å²) in [6.07, 6.45) is 1.90. The van der Waals surface area contributed by atoms with E-state index in [1.54, 1.807) is 19.1 Å². The quantitative estimate of drug-likeness (QED) is 0.513. The smallest absolute Gasteiger partial charge is 0.338 e. The number of nitrogens with zero attached hydrogens (tertiary/aromatic N) is 2. The average Bonchev–Trinajstić information content (AvgIpc) is 3.21. The Labute approximate surface area is 205 Å². The Bertz CT molecular complexity index is 1320. The topological polar surface area (TPSA) is 118 Å². The predicted molar refractivity (Wildman–Crippen MR) is 130 cm³/mol. The number of benzene rings is 2. The number of sulfone groups is 1. The first-order chi connectivity index (χ1) is 16.6. The van der Waals surface area contributed by atoms with Crippen molar-refractivity contribution in [3.63, 3.8) is 0 Å². The minimum Gasteiger partial charge on any atom is -0.452 e. The summed E-state index contributed by atoms with van der Waals surface area (Å²) in [5.74, 6) is -1.27. The first kappa shape index (κ1) is 25.2. The number of sulfonamides is 1. The SMILES string of the molecule is CCN(C(=O)COC(=O)c1ccc(S(=O)(=O)N2CCCc3ccccc32)cc1)[C@H]1CCS(=O)(=O)C1. The molecular formula is C24H28N2O7S2. The van der Waals surface area contributed by atoms with E-state index in [4.69, 9.17) is 4.74 Å². The van der Waals surface area contributed by atoms with Crippen LogP contribution in [0.5, 0.6) is 0 Å². The van der Waals surface area contributed by atoms with Gasteiger partial charge in [-0.25, -0.2) is 21.6 Å². The van der Waals surface area contributed by atoms with Gasteiger partial charge in [0.1, 0.15) is 0 Å². The maximum Gasteiger partial charge on any atom is 0.338 e. The highest BCUT2D eigenvalue weighted by Gasteiger charge is 2.34. The van der Waals surface area contributed by atoms with Crippen molar-refractivity contribution in [3.05, 3.63) is 59.7 Å². The van der Waals surface area contributed by atoms with Crippen molar-refractivity contribution in [1.29, 1.82) is 0 Å². The Kier molecular flexibility index (Phi) is 7.18. The maximum atomic E-state index is 13.2. The second kappa shape index (κ2) is 9.98.